The Hall–Kier alpha value is -4.74. The molecule has 1 unspecified atom stereocenters. The Morgan fingerprint density at radius 1 is 1.24 bits per heavy atom. The van der Waals surface area contributed by atoms with Gasteiger partial charge in [-0.05, 0) is 26.2 Å². The molecule has 4 aromatic rings. The van der Waals surface area contributed by atoms with Gasteiger partial charge in [-0.2, -0.15) is 10.1 Å². The summed E-state index contributed by atoms with van der Waals surface area (Å²) in [5, 5.41) is 10.0. The summed E-state index contributed by atoms with van der Waals surface area (Å²) in [5.41, 5.74) is 0.739. The molecule has 0 bridgehead atoms. The smallest absolute Gasteiger partial charge is 0.247 e. The summed E-state index contributed by atoms with van der Waals surface area (Å²) in [5.74, 6) is -0.797. The van der Waals surface area contributed by atoms with E-state index in [2.05, 4.69) is 37.0 Å². The van der Waals surface area contributed by atoms with Gasteiger partial charge in [0.1, 0.15) is 5.75 Å². The number of methoxy groups -OCH3 is 1. The summed E-state index contributed by atoms with van der Waals surface area (Å²) in [4.78, 5) is 23.1. The average Bonchev–Trinajstić information content (AvgIpc) is 3.41. The zero-order valence-corrected chi connectivity index (χ0v) is 22.5. The van der Waals surface area contributed by atoms with Crippen LogP contribution in [0.2, 0.25) is 0 Å². The summed E-state index contributed by atoms with van der Waals surface area (Å²) in [6.07, 6.45) is 2.20. The molecule has 3 heterocycles. The molecule has 0 spiro atoms. The lowest BCUT2D eigenvalue weighted by molar-refractivity contribution is -0.111. The van der Waals surface area contributed by atoms with E-state index in [9.17, 15) is 4.79 Å². The van der Waals surface area contributed by atoms with Crippen molar-refractivity contribution in [2.24, 2.45) is 0 Å². The first-order valence-corrected chi connectivity index (χ1v) is 12.3. The Balaban J connectivity index is 1.63. The number of ether oxygens (including phenoxy) is 2. The Morgan fingerprint density at radius 2 is 2.02 bits per heavy atom. The minimum Gasteiger partial charge on any atom is -0.494 e. The molecule has 11 heteroatoms. The van der Waals surface area contributed by atoms with E-state index in [-0.39, 0.29) is 40.0 Å². The summed E-state index contributed by atoms with van der Waals surface area (Å²) in [7, 11) is 4.68. The van der Waals surface area contributed by atoms with E-state index >= 15 is 0 Å². The van der Waals surface area contributed by atoms with Crippen molar-refractivity contribution in [2.45, 2.75) is 6.52 Å². The van der Waals surface area contributed by atoms with E-state index in [1.807, 2.05) is 30.3 Å². The molecule has 11 nitrogen and oxygen atoms in total. The van der Waals surface area contributed by atoms with Gasteiger partial charge in [0.05, 0.1) is 55.3 Å². The molecule has 1 aliphatic rings. The van der Waals surface area contributed by atoms with Crippen molar-refractivity contribution >= 4 is 28.9 Å². The van der Waals surface area contributed by atoms with Gasteiger partial charge in [0.15, 0.2) is 5.82 Å². The molecule has 1 saturated heterocycles. The van der Waals surface area contributed by atoms with Crippen LogP contribution in [0.5, 0.6) is 5.75 Å². The van der Waals surface area contributed by atoms with Crippen LogP contribution < -0.4 is 20.3 Å². The first-order chi connectivity index (χ1) is 23.8. The topological polar surface area (TPSA) is 110 Å². The molecular formula is C30H34N8O3. The van der Waals surface area contributed by atoms with E-state index in [1.54, 1.807) is 19.0 Å². The minimum absolute atomic E-state index is 0.0583. The number of aromatic nitrogens is 4. The van der Waals surface area contributed by atoms with E-state index in [1.165, 1.54) is 30.1 Å². The van der Waals surface area contributed by atoms with Crippen LogP contribution >= 0.6 is 0 Å². The van der Waals surface area contributed by atoms with Crippen molar-refractivity contribution in [2.75, 3.05) is 62.9 Å². The van der Waals surface area contributed by atoms with E-state index < -0.39 is 44.2 Å². The number of amides is 1. The van der Waals surface area contributed by atoms with Gasteiger partial charge in [-0.25, -0.2) is 9.67 Å². The summed E-state index contributed by atoms with van der Waals surface area (Å²) >= 11 is 0. The molecule has 0 saturated carbocycles. The fourth-order valence-corrected chi connectivity index (χ4v) is 3.88. The highest BCUT2D eigenvalue weighted by atomic mass is 16.5. The third-order valence-corrected chi connectivity index (χ3v) is 5.64. The predicted molar refractivity (Wildman–Crippen MR) is 160 cm³/mol. The van der Waals surface area contributed by atoms with E-state index in [4.69, 9.17) is 18.4 Å². The van der Waals surface area contributed by atoms with Crippen molar-refractivity contribution in [3.63, 3.8) is 0 Å². The van der Waals surface area contributed by atoms with Crippen LogP contribution in [0.25, 0.3) is 17.1 Å². The Morgan fingerprint density at radius 3 is 2.73 bits per heavy atom. The second-order valence-electron chi connectivity index (χ2n) is 8.74. The Bertz CT molecular complexity index is 1930. The minimum atomic E-state index is -3.36. The maximum Gasteiger partial charge on any atom is 0.247 e. The SMILES string of the molecule is [2H]c1c(C([2H])N(C)C)c(-c2ccccc2)nn1-c1ccnc(Nc2cc(NC(=O)C=C)c(N3C([2H])([2H])C([2H])([2H])OC([2H])([2H])C3([2H])[2H])cc2OC)n1. The number of carbonyl (C=O) groups is 1. The first kappa shape index (κ1) is 17.8. The molecule has 2 N–H and O–H groups in total. The molecule has 5 rings (SSSR count). The van der Waals surface area contributed by atoms with Gasteiger partial charge >= 0.3 is 0 Å². The van der Waals surface area contributed by atoms with Gasteiger partial charge in [0, 0.05) is 56.5 Å². The lowest BCUT2D eigenvalue weighted by Crippen LogP contribution is -2.36. The van der Waals surface area contributed by atoms with E-state index in [0.29, 0.717) is 16.8 Å². The standard InChI is InChI=1S/C30H34N8O3/c1-5-28(39)32-23-17-24(26(40-4)18-25(23)37-13-15-41-16-14-37)33-30-31-12-11-27(34-30)38-20-22(19-36(2)3)29(35-38)21-9-7-6-8-10-21/h5-12,17-18,20H,1,13-16,19H2,2-4H3,(H,32,39)(H,31,33,34)/i13D2,14D2,15D2,16D2,19D,20D. The third-order valence-electron chi connectivity index (χ3n) is 5.64. The van der Waals surface area contributed by atoms with Crippen molar-refractivity contribution in [1.82, 2.24) is 24.6 Å². The Kier molecular flexibility index (Phi) is 5.49. The zero-order chi connectivity index (χ0) is 37.7. The number of rotatable bonds is 10. The van der Waals surface area contributed by atoms with Crippen LogP contribution in [-0.2, 0) is 16.1 Å². The number of carbonyl (C=O) groups excluding carboxylic acids is 1. The fraction of sp³-hybridized carbons (Fsp3) is 0.267. The maximum atomic E-state index is 12.5. The van der Waals surface area contributed by atoms with Crippen molar-refractivity contribution in [3.05, 3.63) is 79.1 Å². The van der Waals surface area contributed by atoms with Crippen LogP contribution in [0.3, 0.4) is 0 Å². The molecule has 41 heavy (non-hydrogen) atoms. The molecule has 1 fully saturated rings. The summed E-state index contributed by atoms with van der Waals surface area (Å²) < 4.78 is 95.7. The fourth-order valence-electron chi connectivity index (χ4n) is 3.88. The largest absolute Gasteiger partial charge is 0.494 e. The normalized spacial score (nSPS) is 22.5. The first-order valence-electron chi connectivity index (χ1n) is 17.3. The number of hydrogen-bond acceptors (Lipinski definition) is 9. The Labute approximate surface area is 253 Å². The summed E-state index contributed by atoms with van der Waals surface area (Å²) in [6.45, 7) is -10.9. The molecule has 2 aromatic heterocycles. The lowest BCUT2D eigenvalue weighted by Gasteiger charge is -2.31. The van der Waals surface area contributed by atoms with Gasteiger partial charge in [0.2, 0.25) is 11.9 Å². The number of nitrogens with one attached hydrogen (secondary N) is 2. The average molecular weight is 565 g/mol. The zero-order valence-electron chi connectivity index (χ0n) is 32.5. The number of morpholine rings is 1. The third kappa shape index (κ3) is 6.53. The number of nitrogens with zero attached hydrogens (tertiary/aromatic N) is 6. The second-order valence-corrected chi connectivity index (χ2v) is 8.74. The van der Waals surface area contributed by atoms with E-state index in [0.717, 1.165) is 12.1 Å². The summed E-state index contributed by atoms with van der Waals surface area (Å²) in [6, 6.07) is 12.9. The quantitative estimate of drug-likeness (QED) is 0.275. The molecule has 1 amide bonds. The monoisotopic (exact) mass is 564 g/mol. The molecule has 0 radical (unpaired) electrons. The molecule has 0 aliphatic carbocycles. The van der Waals surface area contributed by atoms with Crippen LogP contribution in [0.1, 0.15) is 19.3 Å². The lowest BCUT2D eigenvalue weighted by atomic mass is 10.1. The molecule has 1 aliphatic heterocycles. The highest BCUT2D eigenvalue weighted by Crippen LogP contribution is 2.38. The van der Waals surface area contributed by atoms with Gasteiger partial charge in [-0.1, -0.05) is 36.9 Å². The van der Waals surface area contributed by atoms with Crippen molar-refractivity contribution in [1.29, 1.82) is 0 Å². The van der Waals surface area contributed by atoms with Gasteiger partial charge in [-0.15, -0.1) is 0 Å². The number of hydrogen-bond donors (Lipinski definition) is 2. The molecule has 1 atom stereocenters. The van der Waals surface area contributed by atoms with Crippen molar-refractivity contribution in [3.8, 4) is 22.8 Å². The van der Waals surface area contributed by atoms with Crippen LogP contribution in [-0.4, -0.2) is 77.9 Å². The second kappa shape index (κ2) is 12.6. The molecule has 2 aromatic carbocycles. The number of benzene rings is 2. The highest BCUT2D eigenvalue weighted by Gasteiger charge is 2.20. The van der Waals surface area contributed by atoms with Gasteiger partial charge in [-0.3, -0.25) is 4.79 Å². The molecule has 212 valence electrons. The van der Waals surface area contributed by atoms with Crippen LogP contribution in [0.15, 0.2) is 73.6 Å². The van der Waals surface area contributed by atoms with Gasteiger partial charge in [0.25, 0.3) is 0 Å². The maximum absolute atomic E-state index is 12.5. The predicted octanol–water partition coefficient (Wildman–Crippen LogP) is 4.10. The van der Waals surface area contributed by atoms with Gasteiger partial charge < -0.3 is 29.9 Å². The molecular weight excluding hydrogens is 520 g/mol. The van der Waals surface area contributed by atoms with Crippen LogP contribution in [0, 0.1) is 0 Å². The number of anilines is 4. The van der Waals surface area contributed by atoms with Crippen LogP contribution in [0.4, 0.5) is 23.0 Å². The highest BCUT2D eigenvalue weighted by molar-refractivity contribution is 6.02. The van der Waals surface area contributed by atoms with Crippen molar-refractivity contribution < 1.29 is 28.0 Å².